The van der Waals surface area contributed by atoms with Crippen molar-refractivity contribution >= 4 is 22.5 Å². The number of fused-ring (bicyclic) bond motifs is 4. The van der Waals surface area contributed by atoms with Crippen molar-refractivity contribution in [1.29, 1.82) is 0 Å². The van der Waals surface area contributed by atoms with Gasteiger partial charge in [-0.1, -0.05) is 23.4 Å². The third kappa shape index (κ3) is 3.32. The number of aromatic nitrogens is 1. The predicted molar refractivity (Wildman–Crippen MR) is 121 cm³/mol. The van der Waals surface area contributed by atoms with Crippen LogP contribution >= 0.6 is 0 Å². The fraction of sp³-hybridized carbons (Fsp3) is 0.375. The molecule has 0 radical (unpaired) electrons. The van der Waals surface area contributed by atoms with Crippen LogP contribution in [0.15, 0.2) is 51.9 Å². The average molecular weight is 472 g/mol. The number of nitrogens with one attached hydrogen (secondary N) is 1. The number of anilines is 2. The number of halogens is 2. The first-order valence-electron chi connectivity index (χ1n) is 11.0. The van der Waals surface area contributed by atoms with E-state index in [9.17, 15) is 13.0 Å². The van der Waals surface area contributed by atoms with Crippen LogP contribution in [0.5, 0.6) is 5.75 Å². The molecule has 3 aliphatic rings. The number of benzene rings is 2. The third-order valence-electron chi connectivity index (χ3n) is 7.07. The van der Waals surface area contributed by atoms with E-state index in [1.165, 1.54) is 5.56 Å². The lowest BCUT2D eigenvalue weighted by Gasteiger charge is -2.41. The second-order valence-electron chi connectivity index (χ2n) is 9.05. The van der Waals surface area contributed by atoms with Gasteiger partial charge in [-0.2, -0.15) is 0 Å². The van der Waals surface area contributed by atoms with Crippen LogP contribution in [0.2, 0.25) is 0 Å². The predicted octanol–water partition coefficient (Wildman–Crippen LogP) is 4.77. The van der Waals surface area contributed by atoms with E-state index in [1.54, 1.807) is 25.3 Å². The number of hydrogen-bond donors (Lipinski definition) is 1. The Morgan fingerprint density at radius 3 is 2.76 bits per heavy atom. The first kappa shape index (κ1) is 20.7. The van der Waals surface area contributed by atoms with Gasteiger partial charge < -0.3 is 14.2 Å². The molecule has 2 fully saturated rings. The summed E-state index contributed by atoms with van der Waals surface area (Å²) in [6, 6.07) is 13.3. The van der Waals surface area contributed by atoms with Gasteiger partial charge in [0.15, 0.2) is 22.6 Å². The zero-order valence-electron chi connectivity index (χ0n) is 18.0. The maximum absolute atomic E-state index is 13.0. The van der Waals surface area contributed by atoms with Gasteiger partial charge in [0.05, 0.1) is 13.0 Å². The van der Waals surface area contributed by atoms with Gasteiger partial charge in [-0.25, -0.2) is 13.0 Å². The Hall–Kier alpha value is -2.94. The molecule has 0 amide bonds. The van der Waals surface area contributed by atoms with Gasteiger partial charge in [-0.15, -0.1) is 0 Å². The summed E-state index contributed by atoms with van der Waals surface area (Å²) in [5, 5.41) is 4.22. The van der Waals surface area contributed by atoms with E-state index >= 15 is 0 Å². The molecule has 1 atom stereocenters. The molecule has 1 saturated heterocycles. The lowest BCUT2D eigenvalue weighted by atomic mass is 9.79. The van der Waals surface area contributed by atoms with Crippen LogP contribution in [0.1, 0.15) is 24.0 Å². The van der Waals surface area contributed by atoms with E-state index < -0.39 is 23.3 Å². The van der Waals surface area contributed by atoms with Gasteiger partial charge in [-0.05, 0) is 49.1 Å². The lowest BCUT2D eigenvalue weighted by Crippen LogP contribution is -2.50. The van der Waals surface area contributed by atoms with E-state index in [0.29, 0.717) is 35.3 Å². The Bertz CT molecular complexity index is 1250. The summed E-state index contributed by atoms with van der Waals surface area (Å²) < 4.78 is 53.0. The lowest BCUT2D eigenvalue weighted by molar-refractivity contribution is 0.0614. The van der Waals surface area contributed by atoms with Gasteiger partial charge in [0.2, 0.25) is 6.43 Å². The van der Waals surface area contributed by atoms with Crippen molar-refractivity contribution in [3.63, 3.8) is 0 Å². The van der Waals surface area contributed by atoms with Crippen LogP contribution in [0, 0.1) is 5.92 Å². The van der Waals surface area contributed by atoms with Crippen LogP contribution in [0.4, 0.5) is 20.3 Å². The highest BCUT2D eigenvalue weighted by Gasteiger charge is 2.50. The Morgan fingerprint density at radius 2 is 2.03 bits per heavy atom. The summed E-state index contributed by atoms with van der Waals surface area (Å²) in [7, 11) is -0.0311. The molecular formula is C24H23F2N3O3S. The molecule has 2 heterocycles. The Balaban J connectivity index is 1.33. The molecule has 3 aromatic rings. The maximum Gasteiger partial charge on any atom is 0.244 e. The minimum atomic E-state index is -2.28. The van der Waals surface area contributed by atoms with Crippen molar-refractivity contribution in [2.24, 2.45) is 5.92 Å². The van der Waals surface area contributed by atoms with E-state index in [1.807, 2.05) is 23.1 Å². The van der Waals surface area contributed by atoms with Crippen molar-refractivity contribution in [3.8, 4) is 17.1 Å². The summed E-state index contributed by atoms with van der Waals surface area (Å²) in [5.74, 6) is 1.09. The zero-order chi connectivity index (χ0) is 22.7. The molecule has 33 heavy (non-hydrogen) atoms. The van der Waals surface area contributed by atoms with Gasteiger partial charge in [-0.3, -0.25) is 4.72 Å². The number of rotatable bonds is 6. The van der Waals surface area contributed by atoms with Crippen LogP contribution in [-0.2, 0) is 22.8 Å². The molecule has 6 rings (SSSR count). The summed E-state index contributed by atoms with van der Waals surface area (Å²) in [6.45, 7) is 0.713. The van der Waals surface area contributed by atoms with Crippen molar-refractivity contribution in [1.82, 2.24) is 5.16 Å². The van der Waals surface area contributed by atoms with Crippen LogP contribution in [-0.4, -0.2) is 36.0 Å². The molecule has 1 N–H and O–H groups in total. The smallest absolute Gasteiger partial charge is 0.244 e. The Labute approximate surface area is 192 Å². The van der Waals surface area contributed by atoms with Gasteiger partial charge >= 0.3 is 0 Å². The molecule has 172 valence electrons. The number of para-hydroxylation sites is 1. The fourth-order valence-corrected chi connectivity index (χ4v) is 5.95. The third-order valence-corrected chi connectivity index (χ3v) is 8.18. The van der Waals surface area contributed by atoms with Crippen molar-refractivity contribution in [2.45, 2.75) is 36.0 Å². The molecule has 1 unspecified atom stereocenters. The van der Waals surface area contributed by atoms with Crippen LogP contribution in [0.25, 0.3) is 11.3 Å². The molecule has 1 spiro atoms. The second-order valence-corrected chi connectivity index (χ2v) is 10.2. The minimum Gasteiger partial charge on any atom is -0.495 e. The van der Waals surface area contributed by atoms with E-state index in [2.05, 4.69) is 15.9 Å². The molecule has 9 heteroatoms. The fourth-order valence-electron chi connectivity index (χ4n) is 4.97. The summed E-state index contributed by atoms with van der Waals surface area (Å²) in [6.07, 6.45) is 0.611. The summed E-state index contributed by atoms with van der Waals surface area (Å²) in [5.41, 5.74) is 4.04. The summed E-state index contributed by atoms with van der Waals surface area (Å²) >= 11 is 0. The highest BCUT2D eigenvalue weighted by atomic mass is 32.2. The Morgan fingerprint density at radius 1 is 1.24 bits per heavy atom. The molecule has 1 aliphatic heterocycles. The standard InChI is InChI=1S/C24H23F2N3O3S/c1-31-19-4-2-3-5-20(19)33(30)28-23-17-11-24(8-9-24)18-7-6-15(10-16(18)21(17)32-27-23)29-12-14(13-29)22(25)26/h2-7,10,14,22H,8-9,11-13H2,1H3,(H,27,28). The minimum absolute atomic E-state index is 0.0369. The first-order chi connectivity index (χ1) is 16.0. The van der Waals surface area contributed by atoms with Gasteiger partial charge in [0.1, 0.15) is 10.6 Å². The average Bonchev–Trinajstić information content (AvgIpc) is 3.44. The summed E-state index contributed by atoms with van der Waals surface area (Å²) in [4.78, 5) is 2.50. The maximum atomic E-state index is 13.0. The quantitative estimate of drug-likeness (QED) is 0.561. The molecular weight excluding hydrogens is 448 g/mol. The number of hydrogen-bond acceptors (Lipinski definition) is 5. The molecule has 2 aromatic carbocycles. The van der Waals surface area contributed by atoms with Crippen molar-refractivity contribution < 1.29 is 22.2 Å². The topological polar surface area (TPSA) is 67.6 Å². The largest absolute Gasteiger partial charge is 0.495 e. The van der Waals surface area contributed by atoms with Crippen LogP contribution < -0.4 is 14.4 Å². The number of ether oxygens (including phenoxy) is 1. The molecule has 2 aliphatic carbocycles. The number of methoxy groups -OCH3 is 1. The van der Waals surface area contributed by atoms with Crippen molar-refractivity contribution in [2.75, 3.05) is 29.8 Å². The highest BCUT2D eigenvalue weighted by Crippen LogP contribution is 2.58. The van der Waals surface area contributed by atoms with Gasteiger partial charge in [0, 0.05) is 35.3 Å². The molecule has 0 bridgehead atoms. The first-order valence-corrected chi connectivity index (χ1v) is 12.1. The SMILES string of the molecule is COc1ccccc1S(=O)Nc1noc2c1CC1(CC1)c1ccc(N3CC(C(F)F)C3)cc1-2. The van der Waals surface area contributed by atoms with Crippen LogP contribution in [0.3, 0.4) is 0 Å². The molecule has 1 aromatic heterocycles. The number of alkyl halides is 2. The second kappa shape index (κ2) is 7.55. The van der Waals surface area contributed by atoms with E-state index in [0.717, 1.165) is 36.1 Å². The molecule has 1 saturated carbocycles. The van der Waals surface area contributed by atoms with E-state index in [-0.39, 0.29) is 5.41 Å². The van der Waals surface area contributed by atoms with Gasteiger partial charge in [0.25, 0.3) is 0 Å². The monoisotopic (exact) mass is 471 g/mol. The van der Waals surface area contributed by atoms with E-state index in [4.69, 9.17) is 9.26 Å². The molecule has 6 nitrogen and oxygen atoms in total. The van der Waals surface area contributed by atoms with Crippen molar-refractivity contribution in [3.05, 3.63) is 53.6 Å². The normalized spacial score (nSPS) is 19.1. The zero-order valence-corrected chi connectivity index (χ0v) is 18.8. The number of nitrogens with zero attached hydrogens (tertiary/aromatic N) is 2. The Kier molecular flexibility index (Phi) is 4.72. The highest BCUT2D eigenvalue weighted by molar-refractivity contribution is 7.86.